The second kappa shape index (κ2) is 13.8. The van der Waals surface area contributed by atoms with Crippen LogP contribution in [0.5, 0.6) is 0 Å². The van der Waals surface area contributed by atoms with Gasteiger partial charge in [0, 0.05) is 36.0 Å². The summed E-state index contributed by atoms with van der Waals surface area (Å²) in [6.07, 6.45) is 4.27. The average molecular weight is 599 g/mol. The molecule has 1 N–H and O–H groups in total. The average Bonchev–Trinajstić information content (AvgIpc) is 3.62. The first-order valence-corrected chi connectivity index (χ1v) is 15.2. The molecule has 1 atom stereocenters. The Morgan fingerprint density at radius 1 is 0.864 bits per heavy atom. The normalized spacial score (nSPS) is 15.7. The zero-order valence-electron chi connectivity index (χ0n) is 23.9. The van der Waals surface area contributed by atoms with Gasteiger partial charge in [-0.1, -0.05) is 109 Å². The number of nitrogens with one attached hydrogen (secondary N) is 1. The first-order chi connectivity index (χ1) is 21.6. The number of carbonyl (C=O) groups excluding carboxylic acids is 2. The van der Waals surface area contributed by atoms with E-state index in [9.17, 15) is 9.59 Å². The summed E-state index contributed by atoms with van der Waals surface area (Å²) < 4.78 is 1.82. The lowest BCUT2D eigenvalue weighted by atomic mass is 10.1. The van der Waals surface area contributed by atoms with Crippen LogP contribution in [0.3, 0.4) is 0 Å². The molecule has 1 aliphatic rings. The van der Waals surface area contributed by atoms with Gasteiger partial charge in [0.25, 0.3) is 0 Å². The fraction of sp³-hybridized carbons (Fsp3) is 0.114. The van der Waals surface area contributed by atoms with E-state index in [-0.39, 0.29) is 18.2 Å². The molecule has 1 aromatic heterocycles. The van der Waals surface area contributed by atoms with Crippen LogP contribution in [0.15, 0.2) is 138 Å². The lowest BCUT2D eigenvalue weighted by molar-refractivity contribution is -0.128. The van der Waals surface area contributed by atoms with Crippen LogP contribution in [0.4, 0.5) is 5.69 Å². The molecular formula is C35H30N6O2S. The number of para-hydroxylation sites is 2. The minimum absolute atomic E-state index is 0.0327. The van der Waals surface area contributed by atoms with E-state index in [1.165, 1.54) is 11.8 Å². The summed E-state index contributed by atoms with van der Waals surface area (Å²) in [6, 6.07) is 39.0. The third-order valence-electron chi connectivity index (χ3n) is 7.07. The quantitative estimate of drug-likeness (QED) is 0.148. The maximum absolute atomic E-state index is 13.5. The van der Waals surface area contributed by atoms with Crippen molar-refractivity contribution in [2.75, 3.05) is 11.9 Å². The van der Waals surface area contributed by atoms with E-state index in [1.807, 2.05) is 132 Å². The molecule has 1 unspecified atom stereocenters. The molecule has 0 bridgehead atoms. The number of amidine groups is 1. The van der Waals surface area contributed by atoms with Gasteiger partial charge < -0.3 is 5.32 Å². The number of carbonyl (C=O) groups is 2. The topological polar surface area (TPSA) is 92.0 Å². The van der Waals surface area contributed by atoms with E-state index < -0.39 is 5.25 Å². The summed E-state index contributed by atoms with van der Waals surface area (Å²) in [5, 5.41) is 16.5. The molecule has 0 radical (unpaired) electrons. The third kappa shape index (κ3) is 7.02. The fourth-order valence-corrected chi connectivity index (χ4v) is 5.98. The summed E-state index contributed by atoms with van der Waals surface area (Å²) in [7, 11) is 0. The number of anilines is 1. The fourth-order valence-electron chi connectivity index (χ4n) is 4.86. The van der Waals surface area contributed by atoms with Crippen molar-refractivity contribution >= 4 is 40.6 Å². The van der Waals surface area contributed by atoms with Crippen LogP contribution < -0.4 is 5.32 Å². The van der Waals surface area contributed by atoms with Crippen molar-refractivity contribution in [3.63, 3.8) is 0 Å². The highest BCUT2D eigenvalue weighted by Crippen LogP contribution is 2.30. The Hall–Kier alpha value is -5.28. The van der Waals surface area contributed by atoms with E-state index in [1.54, 1.807) is 11.1 Å². The Morgan fingerprint density at radius 3 is 2.20 bits per heavy atom. The van der Waals surface area contributed by atoms with Gasteiger partial charge in [0.2, 0.25) is 11.8 Å². The first kappa shape index (κ1) is 28.8. The van der Waals surface area contributed by atoms with E-state index in [2.05, 4.69) is 15.5 Å². The second-order valence-electron chi connectivity index (χ2n) is 10.2. The smallest absolute Gasteiger partial charge is 0.242 e. The SMILES string of the molecule is O=C(CC1S/C(=N\N=C\c2cn(-c3ccccc3)nc2-c2ccccc2)N(CCc2ccccc2)C1=O)Nc1ccccc1. The Labute approximate surface area is 260 Å². The highest BCUT2D eigenvalue weighted by atomic mass is 32.2. The van der Waals surface area contributed by atoms with Crippen molar-refractivity contribution in [1.82, 2.24) is 14.7 Å². The largest absolute Gasteiger partial charge is 0.326 e. The molecule has 218 valence electrons. The van der Waals surface area contributed by atoms with Gasteiger partial charge in [-0.15, -0.1) is 5.10 Å². The molecule has 5 aromatic rings. The van der Waals surface area contributed by atoms with Gasteiger partial charge in [-0.25, -0.2) is 4.68 Å². The maximum Gasteiger partial charge on any atom is 0.242 e. The molecular weight excluding hydrogens is 568 g/mol. The molecule has 8 nitrogen and oxygen atoms in total. The van der Waals surface area contributed by atoms with Crippen molar-refractivity contribution in [3.05, 3.63) is 139 Å². The Morgan fingerprint density at radius 2 is 1.50 bits per heavy atom. The van der Waals surface area contributed by atoms with Crippen LogP contribution in [0.25, 0.3) is 16.9 Å². The molecule has 0 aliphatic carbocycles. The number of hydrogen-bond donors (Lipinski definition) is 1. The number of aromatic nitrogens is 2. The summed E-state index contributed by atoms with van der Waals surface area (Å²) in [6.45, 7) is 0.433. The second-order valence-corrected chi connectivity index (χ2v) is 11.3. The Balaban J connectivity index is 1.25. The van der Waals surface area contributed by atoms with Crippen LogP contribution >= 0.6 is 11.8 Å². The van der Waals surface area contributed by atoms with Crippen LogP contribution in [-0.2, 0) is 16.0 Å². The van der Waals surface area contributed by atoms with Crippen molar-refractivity contribution in [2.45, 2.75) is 18.1 Å². The molecule has 0 saturated carbocycles. The molecule has 1 saturated heterocycles. The Kier molecular flexibility index (Phi) is 9.04. The molecule has 1 aliphatic heterocycles. The summed E-state index contributed by atoms with van der Waals surface area (Å²) in [5.74, 6) is -0.374. The minimum Gasteiger partial charge on any atom is -0.326 e. The lowest BCUT2D eigenvalue weighted by Gasteiger charge is -2.15. The standard InChI is InChI=1S/C35H30N6O2S/c42-32(37-29-17-9-3-10-18-29)23-31-34(43)40(22-21-26-13-5-1-6-14-26)35(44-31)38-36-24-28-25-41(30-19-11-4-12-20-30)39-33(28)27-15-7-2-8-16-27/h1-20,24-25,31H,21-23H2,(H,37,42)/b36-24+,38-35-. The van der Waals surface area contributed by atoms with E-state index in [0.29, 0.717) is 23.8 Å². The number of thioether (sulfide) groups is 1. The highest BCUT2D eigenvalue weighted by Gasteiger charge is 2.39. The maximum atomic E-state index is 13.5. The van der Waals surface area contributed by atoms with E-state index in [0.717, 1.165) is 28.1 Å². The predicted octanol–water partition coefficient (Wildman–Crippen LogP) is 6.44. The molecule has 2 heterocycles. The molecule has 44 heavy (non-hydrogen) atoms. The van der Waals surface area contributed by atoms with Crippen LogP contribution in [0.2, 0.25) is 0 Å². The molecule has 1 fully saturated rings. The van der Waals surface area contributed by atoms with Crippen LogP contribution in [-0.4, -0.2) is 49.7 Å². The van der Waals surface area contributed by atoms with Crippen molar-refractivity contribution in [2.24, 2.45) is 10.2 Å². The van der Waals surface area contributed by atoms with Crippen molar-refractivity contribution in [1.29, 1.82) is 0 Å². The van der Waals surface area contributed by atoms with Crippen LogP contribution in [0.1, 0.15) is 17.5 Å². The summed E-state index contributed by atoms with van der Waals surface area (Å²) >= 11 is 1.27. The summed E-state index contributed by atoms with van der Waals surface area (Å²) in [5.41, 5.74) is 5.24. The number of nitrogens with zero attached hydrogens (tertiary/aromatic N) is 5. The zero-order valence-corrected chi connectivity index (χ0v) is 24.7. The molecule has 9 heteroatoms. The lowest BCUT2D eigenvalue weighted by Crippen LogP contribution is -2.35. The van der Waals surface area contributed by atoms with Crippen molar-refractivity contribution < 1.29 is 9.59 Å². The van der Waals surface area contributed by atoms with Crippen LogP contribution in [0, 0.1) is 0 Å². The molecule has 4 aromatic carbocycles. The van der Waals surface area contributed by atoms with Gasteiger partial charge in [-0.3, -0.25) is 14.5 Å². The number of benzene rings is 4. The molecule has 6 rings (SSSR count). The van der Waals surface area contributed by atoms with Gasteiger partial charge in [0.1, 0.15) is 10.9 Å². The van der Waals surface area contributed by atoms with Gasteiger partial charge in [-0.05, 0) is 36.2 Å². The predicted molar refractivity (Wildman–Crippen MR) is 177 cm³/mol. The van der Waals surface area contributed by atoms with Gasteiger partial charge in [0.05, 0.1) is 11.9 Å². The minimum atomic E-state index is -0.593. The van der Waals surface area contributed by atoms with Gasteiger partial charge in [0.15, 0.2) is 5.17 Å². The highest BCUT2D eigenvalue weighted by molar-refractivity contribution is 8.15. The van der Waals surface area contributed by atoms with E-state index in [4.69, 9.17) is 5.10 Å². The monoisotopic (exact) mass is 598 g/mol. The third-order valence-corrected chi connectivity index (χ3v) is 8.23. The molecule has 2 amide bonds. The summed E-state index contributed by atoms with van der Waals surface area (Å²) in [4.78, 5) is 28.0. The van der Waals surface area contributed by atoms with Crippen molar-refractivity contribution in [3.8, 4) is 16.9 Å². The molecule has 0 spiro atoms. The van der Waals surface area contributed by atoms with Gasteiger partial charge >= 0.3 is 0 Å². The van der Waals surface area contributed by atoms with Gasteiger partial charge in [-0.2, -0.15) is 10.2 Å². The number of amides is 2. The Bertz CT molecular complexity index is 1770. The zero-order chi connectivity index (χ0) is 30.1. The number of rotatable bonds is 10. The number of hydrogen-bond acceptors (Lipinski definition) is 6. The first-order valence-electron chi connectivity index (χ1n) is 14.3. The van der Waals surface area contributed by atoms with E-state index >= 15 is 0 Å².